The van der Waals surface area contributed by atoms with Crippen LogP contribution in [0.25, 0.3) is 22.2 Å². The Morgan fingerprint density at radius 3 is 2.61 bits per heavy atom. The molecule has 184 valence electrons. The van der Waals surface area contributed by atoms with Crippen LogP contribution in [0, 0.1) is 6.92 Å². The van der Waals surface area contributed by atoms with Crippen LogP contribution in [-0.2, 0) is 22.6 Å². The van der Waals surface area contributed by atoms with Gasteiger partial charge in [0.2, 0.25) is 5.89 Å². The smallest absolute Gasteiger partial charge is 0.414 e. The first-order valence-electron chi connectivity index (χ1n) is 11.8. The first kappa shape index (κ1) is 23.4. The second kappa shape index (κ2) is 10.1. The molecule has 8 nitrogen and oxygen atoms in total. The van der Waals surface area contributed by atoms with Crippen molar-refractivity contribution in [2.24, 2.45) is 0 Å². The monoisotopic (exact) mass is 486 g/mol. The molecule has 0 saturated carbocycles. The summed E-state index contributed by atoms with van der Waals surface area (Å²) in [6.07, 6.45) is 0.454. The van der Waals surface area contributed by atoms with Crippen molar-refractivity contribution in [2.75, 3.05) is 7.11 Å². The molecule has 1 aromatic heterocycles. The van der Waals surface area contributed by atoms with Crippen LogP contribution in [-0.4, -0.2) is 30.2 Å². The Hall–Kier alpha value is -4.33. The molecule has 2 amide bonds. The molecule has 36 heavy (non-hydrogen) atoms. The van der Waals surface area contributed by atoms with E-state index in [2.05, 4.69) is 34.6 Å². The van der Waals surface area contributed by atoms with Gasteiger partial charge in [0.05, 0.1) is 7.11 Å². The number of nitrogens with zero attached hydrogens (tertiary/aromatic N) is 1. The maximum Gasteiger partial charge on any atom is 0.414 e. The highest BCUT2D eigenvalue weighted by Gasteiger charge is 2.31. The molecule has 1 saturated heterocycles. The number of rotatable bonds is 9. The Balaban J connectivity index is 1.22. The van der Waals surface area contributed by atoms with Crippen LogP contribution < -0.4 is 14.8 Å². The zero-order valence-electron chi connectivity index (χ0n) is 20.1. The standard InChI is InChI=1S/C28H26N2O6/c1-17-22(29-27(35-17)21-12-11-19-7-3-4-8-20(19)15-21)16-34-23-13-10-18(14-25(23)33-2)6-5-9-24-26(31)30-28(32)36-24/h3-4,7-8,10-15,24H,5-6,9,16H2,1-2H3,(H,30,31,32). The van der Waals surface area contributed by atoms with E-state index in [4.69, 9.17) is 18.6 Å². The minimum atomic E-state index is -0.716. The average Bonchev–Trinajstić information content (AvgIpc) is 3.42. The Bertz CT molecular complexity index is 1430. The minimum absolute atomic E-state index is 0.237. The number of fused-ring (bicyclic) bond motifs is 1. The van der Waals surface area contributed by atoms with Crippen LogP contribution in [0.3, 0.4) is 0 Å². The number of alkyl carbamates (subject to hydrolysis) is 1. The molecule has 1 unspecified atom stereocenters. The molecule has 0 bridgehead atoms. The number of nitrogens with one attached hydrogen (secondary N) is 1. The van der Waals surface area contributed by atoms with E-state index >= 15 is 0 Å². The largest absolute Gasteiger partial charge is 0.493 e. The van der Waals surface area contributed by atoms with Crippen molar-refractivity contribution in [1.29, 1.82) is 0 Å². The van der Waals surface area contributed by atoms with Gasteiger partial charge >= 0.3 is 6.09 Å². The maximum atomic E-state index is 11.6. The van der Waals surface area contributed by atoms with Gasteiger partial charge in [-0.3, -0.25) is 10.1 Å². The molecule has 0 spiro atoms. The Labute approximate surface area is 208 Å². The summed E-state index contributed by atoms with van der Waals surface area (Å²) in [5.41, 5.74) is 2.66. The zero-order valence-corrected chi connectivity index (χ0v) is 20.1. The molecule has 0 radical (unpaired) electrons. The molecule has 8 heteroatoms. The molecular formula is C28H26N2O6. The van der Waals surface area contributed by atoms with Crippen molar-refractivity contribution in [2.45, 2.75) is 38.9 Å². The third-order valence-corrected chi connectivity index (χ3v) is 6.18. The first-order valence-corrected chi connectivity index (χ1v) is 11.8. The topological polar surface area (TPSA) is 99.9 Å². The fourth-order valence-electron chi connectivity index (χ4n) is 4.22. The molecule has 4 aromatic rings. The van der Waals surface area contributed by atoms with Crippen LogP contribution in [0.5, 0.6) is 11.5 Å². The predicted molar refractivity (Wildman–Crippen MR) is 133 cm³/mol. The van der Waals surface area contributed by atoms with E-state index in [1.54, 1.807) is 7.11 Å². The predicted octanol–water partition coefficient (Wildman–Crippen LogP) is 5.35. The van der Waals surface area contributed by atoms with Gasteiger partial charge in [0, 0.05) is 5.56 Å². The summed E-state index contributed by atoms with van der Waals surface area (Å²) in [4.78, 5) is 27.4. The molecule has 1 atom stereocenters. The molecule has 2 heterocycles. The lowest BCUT2D eigenvalue weighted by Gasteiger charge is -2.12. The number of hydrogen-bond donors (Lipinski definition) is 1. The lowest BCUT2D eigenvalue weighted by atomic mass is 10.1. The number of amides is 2. The van der Waals surface area contributed by atoms with E-state index in [0.29, 0.717) is 48.1 Å². The van der Waals surface area contributed by atoms with Crippen LogP contribution >= 0.6 is 0 Å². The lowest BCUT2D eigenvalue weighted by molar-refractivity contribution is -0.123. The molecule has 1 N–H and O–H groups in total. The van der Waals surface area contributed by atoms with E-state index < -0.39 is 12.2 Å². The van der Waals surface area contributed by atoms with Gasteiger partial charge in [0.25, 0.3) is 5.91 Å². The number of imide groups is 1. The molecule has 3 aromatic carbocycles. The first-order chi connectivity index (χ1) is 17.5. The lowest BCUT2D eigenvalue weighted by Crippen LogP contribution is -2.24. The summed E-state index contributed by atoms with van der Waals surface area (Å²) < 4.78 is 22.4. The summed E-state index contributed by atoms with van der Waals surface area (Å²) >= 11 is 0. The zero-order chi connectivity index (χ0) is 25.1. The second-order valence-electron chi connectivity index (χ2n) is 8.63. The third-order valence-electron chi connectivity index (χ3n) is 6.18. The maximum absolute atomic E-state index is 11.6. The number of hydrogen-bond acceptors (Lipinski definition) is 7. The number of carbonyl (C=O) groups excluding carboxylic acids is 2. The highest BCUT2D eigenvalue weighted by Crippen LogP contribution is 2.31. The Kier molecular flexibility index (Phi) is 6.58. The van der Waals surface area contributed by atoms with E-state index in [1.807, 2.05) is 43.3 Å². The number of ether oxygens (including phenoxy) is 3. The van der Waals surface area contributed by atoms with Crippen molar-refractivity contribution in [1.82, 2.24) is 10.3 Å². The van der Waals surface area contributed by atoms with E-state index in [9.17, 15) is 9.59 Å². The fraction of sp³-hybridized carbons (Fsp3) is 0.250. The fourth-order valence-corrected chi connectivity index (χ4v) is 4.22. The van der Waals surface area contributed by atoms with Crippen LogP contribution in [0.4, 0.5) is 4.79 Å². The van der Waals surface area contributed by atoms with E-state index in [1.165, 1.54) is 0 Å². The van der Waals surface area contributed by atoms with Crippen LogP contribution in [0.2, 0.25) is 0 Å². The molecule has 1 fully saturated rings. The number of methoxy groups -OCH3 is 1. The Morgan fingerprint density at radius 2 is 1.83 bits per heavy atom. The van der Waals surface area contributed by atoms with Crippen molar-refractivity contribution in [3.05, 3.63) is 77.7 Å². The summed E-state index contributed by atoms with van der Waals surface area (Å²) in [5.74, 6) is 2.08. The minimum Gasteiger partial charge on any atom is -0.493 e. The molecule has 1 aliphatic heterocycles. The molecule has 0 aliphatic carbocycles. The summed E-state index contributed by atoms with van der Waals surface area (Å²) in [5, 5.41) is 4.43. The van der Waals surface area contributed by atoms with Gasteiger partial charge in [-0.1, -0.05) is 36.4 Å². The van der Waals surface area contributed by atoms with Crippen molar-refractivity contribution < 1.29 is 28.2 Å². The number of benzene rings is 3. The SMILES string of the molecule is COc1cc(CCCC2OC(=O)NC2=O)ccc1OCc1nc(-c2ccc3ccccc3c2)oc1C. The third kappa shape index (κ3) is 5.02. The number of oxazole rings is 1. The van der Waals surface area contributed by atoms with Gasteiger partial charge in [-0.15, -0.1) is 0 Å². The quantitative estimate of drug-likeness (QED) is 0.340. The second-order valence-corrected chi connectivity index (χ2v) is 8.63. The molecular weight excluding hydrogens is 460 g/mol. The number of cyclic esters (lactones) is 1. The summed E-state index contributed by atoms with van der Waals surface area (Å²) in [6.45, 7) is 2.11. The van der Waals surface area contributed by atoms with Crippen LogP contribution in [0.15, 0.2) is 65.1 Å². The van der Waals surface area contributed by atoms with E-state index in [-0.39, 0.29) is 12.5 Å². The van der Waals surface area contributed by atoms with Crippen molar-refractivity contribution >= 4 is 22.8 Å². The van der Waals surface area contributed by atoms with Gasteiger partial charge in [-0.05, 0) is 66.8 Å². The van der Waals surface area contributed by atoms with Gasteiger partial charge in [-0.2, -0.15) is 0 Å². The van der Waals surface area contributed by atoms with Crippen molar-refractivity contribution in [3.8, 4) is 23.0 Å². The Morgan fingerprint density at radius 1 is 1.00 bits per heavy atom. The highest BCUT2D eigenvalue weighted by molar-refractivity contribution is 5.99. The number of carbonyl (C=O) groups is 2. The van der Waals surface area contributed by atoms with Gasteiger partial charge in [-0.25, -0.2) is 9.78 Å². The van der Waals surface area contributed by atoms with Gasteiger partial charge in [0.1, 0.15) is 18.1 Å². The highest BCUT2D eigenvalue weighted by atomic mass is 16.6. The normalized spacial score (nSPS) is 15.1. The number of aromatic nitrogens is 1. The number of aryl methyl sites for hydroxylation is 2. The summed E-state index contributed by atoms with van der Waals surface area (Å²) in [7, 11) is 1.59. The van der Waals surface area contributed by atoms with Crippen molar-refractivity contribution in [3.63, 3.8) is 0 Å². The molecule has 5 rings (SSSR count). The van der Waals surface area contributed by atoms with Gasteiger partial charge < -0.3 is 18.6 Å². The summed E-state index contributed by atoms with van der Waals surface area (Å²) in [6, 6.07) is 20.0. The van der Waals surface area contributed by atoms with Gasteiger partial charge in [0.15, 0.2) is 17.6 Å². The molecule has 1 aliphatic rings. The van der Waals surface area contributed by atoms with E-state index in [0.717, 1.165) is 21.9 Å². The average molecular weight is 487 g/mol. The van der Waals surface area contributed by atoms with Crippen LogP contribution in [0.1, 0.15) is 29.9 Å².